The van der Waals surface area contributed by atoms with E-state index in [4.69, 9.17) is 11.6 Å². The van der Waals surface area contributed by atoms with Crippen LogP contribution in [0.2, 0.25) is 0 Å². The van der Waals surface area contributed by atoms with Crippen LogP contribution in [0.15, 0.2) is 24.4 Å². The van der Waals surface area contributed by atoms with E-state index in [0.717, 1.165) is 22.8 Å². The Balaban J connectivity index is 2.43. The van der Waals surface area contributed by atoms with Crippen LogP contribution in [0.1, 0.15) is 22.3 Å². The number of alkyl halides is 1. The van der Waals surface area contributed by atoms with E-state index in [9.17, 15) is 4.79 Å². The molecule has 0 amide bonds. The van der Waals surface area contributed by atoms with Gasteiger partial charge in [0.2, 0.25) is 0 Å². The first-order chi connectivity index (χ1) is 7.85. The highest BCUT2D eigenvalue weighted by Gasteiger charge is 2.02. The van der Waals surface area contributed by atoms with E-state index in [1.807, 2.05) is 18.2 Å². The minimum Gasteiger partial charge on any atom is -0.360 e. The second-order valence-corrected chi connectivity index (χ2v) is 3.74. The van der Waals surface area contributed by atoms with Crippen molar-refractivity contribution in [1.82, 2.24) is 4.98 Å². The molecule has 2 nitrogen and oxygen atoms in total. The van der Waals surface area contributed by atoms with Crippen LogP contribution in [0.25, 0.3) is 10.9 Å². The predicted octanol–water partition coefficient (Wildman–Crippen LogP) is 2.96. The quantitative estimate of drug-likeness (QED) is 0.481. The van der Waals surface area contributed by atoms with Gasteiger partial charge in [0.1, 0.15) is 0 Å². The normalized spacial score (nSPS) is 9.81. The van der Waals surface area contributed by atoms with E-state index in [2.05, 4.69) is 16.8 Å². The molecule has 1 N–H and O–H groups in total. The number of hydrogen-bond acceptors (Lipinski definition) is 1. The van der Waals surface area contributed by atoms with Gasteiger partial charge < -0.3 is 4.98 Å². The molecule has 0 spiro atoms. The Bertz CT molecular complexity index is 574. The number of fused-ring (bicyclic) bond motifs is 1. The molecule has 0 aliphatic heterocycles. The number of aromatic nitrogens is 1. The molecule has 80 valence electrons. The second kappa shape index (κ2) is 4.87. The van der Waals surface area contributed by atoms with Crippen LogP contribution in [0.3, 0.4) is 0 Å². The first kappa shape index (κ1) is 10.8. The summed E-state index contributed by atoms with van der Waals surface area (Å²) in [5, 5.41) is 0.910. The zero-order chi connectivity index (χ0) is 11.4. The molecule has 0 aliphatic carbocycles. The number of halogens is 1. The number of carbonyl (C=O) groups is 1. The van der Waals surface area contributed by atoms with Crippen molar-refractivity contribution >= 4 is 28.8 Å². The maximum Gasteiger partial charge on any atom is 0.152 e. The fourth-order valence-electron chi connectivity index (χ4n) is 1.53. The van der Waals surface area contributed by atoms with Crippen LogP contribution in [-0.2, 0) is 0 Å². The lowest BCUT2D eigenvalue weighted by molar-refractivity contribution is 0.112. The Morgan fingerprint density at radius 1 is 1.44 bits per heavy atom. The summed E-state index contributed by atoms with van der Waals surface area (Å²) in [6, 6.07) is 5.76. The third kappa shape index (κ3) is 2.10. The number of nitrogens with one attached hydrogen (secondary N) is 1. The van der Waals surface area contributed by atoms with Gasteiger partial charge >= 0.3 is 0 Å². The van der Waals surface area contributed by atoms with E-state index in [0.29, 0.717) is 17.9 Å². The van der Waals surface area contributed by atoms with Crippen molar-refractivity contribution in [3.8, 4) is 11.8 Å². The van der Waals surface area contributed by atoms with Crippen molar-refractivity contribution in [3.63, 3.8) is 0 Å². The average molecular weight is 232 g/mol. The van der Waals surface area contributed by atoms with Gasteiger partial charge in [0.25, 0.3) is 0 Å². The van der Waals surface area contributed by atoms with Gasteiger partial charge in [-0.05, 0) is 18.2 Å². The smallest absolute Gasteiger partial charge is 0.152 e. The van der Waals surface area contributed by atoms with Crippen LogP contribution in [-0.4, -0.2) is 17.2 Å². The Hall–Kier alpha value is -1.72. The van der Waals surface area contributed by atoms with Gasteiger partial charge in [-0.25, -0.2) is 0 Å². The molecule has 1 aromatic heterocycles. The Morgan fingerprint density at radius 2 is 2.31 bits per heavy atom. The Labute approximate surface area is 98.6 Å². The first-order valence-corrected chi connectivity index (χ1v) is 5.50. The highest BCUT2D eigenvalue weighted by Crippen LogP contribution is 2.17. The van der Waals surface area contributed by atoms with Crippen LogP contribution in [0, 0.1) is 11.8 Å². The lowest BCUT2D eigenvalue weighted by atomic mass is 10.1. The van der Waals surface area contributed by atoms with Crippen LogP contribution in [0.4, 0.5) is 0 Å². The Kier molecular flexibility index (Phi) is 3.28. The molecule has 0 aliphatic rings. The monoisotopic (exact) mass is 231 g/mol. The molecule has 0 atom stereocenters. The summed E-state index contributed by atoms with van der Waals surface area (Å²) in [5.74, 6) is 6.52. The number of aldehydes is 1. The lowest BCUT2D eigenvalue weighted by Gasteiger charge is -1.93. The first-order valence-electron chi connectivity index (χ1n) is 4.96. The van der Waals surface area contributed by atoms with Crippen molar-refractivity contribution in [2.75, 3.05) is 5.88 Å². The summed E-state index contributed by atoms with van der Waals surface area (Å²) in [6.45, 7) is 0. The SMILES string of the molecule is O=Cc1c[nH]c2ccc(C#CCCCl)cc12. The van der Waals surface area contributed by atoms with Gasteiger partial charge in [0.15, 0.2) is 6.29 Å². The van der Waals surface area contributed by atoms with Crippen molar-refractivity contribution < 1.29 is 4.79 Å². The molecular formula is C13H10ClNO. The molecule has 0 saturated carbocycles. The van der Waals surface area contributed by atoms with Gasteiger partial charge in [0, 0.05) is 40.5 Å². The fraction of sp³-hybridized carbons (Fsp3) is 0.154. The van der Waals surface area contributed by atoms with E-state index in [-0.39, 0.29) is 0 Å². The van der Waals surface area contributed by atoms with Gasteiger partial charge in [0.05, 0.1) is 0 Å². The molecule has 0 saturated heterocycles. The van der Waals surface area contributed by atoms with Crippen molar-refractivity contribution in [2.24, 2.45) is 0 Å². The maximum atomic E-state index is 10.8. The summed E-state index contributed by atoms with van der Waals surface area (Å²) in [5.41, 5.74) is 2.52. The summed E-state index contributed by atoms with van der Waals surface area (Å²) >= 11 is 5.54. The highest BCUT2D eigenvalue weighted by atomic mass is 35.5. The van der Waals surface area contributed by atoms with Crippen LogP contribution >= 0.6 is 11.6 Å². The Morgan fingerprint density at radius 3 is 3.06 bits per heavy atom. The molecular weight excluding hydrogens is 222 g/mol. The molecule has 0 unspecified atom stereocenters. The standard InChI is InChI=1S/C13H10ClNO/c14-6-2-1-3-10-4-5-13-12(7-10)11(9-16)8-15-13/h4-5,7-9,15H,2,6H2. The van der Waals surface area contributed by atoms with E-state index >= 15 is 0 Å². The molecule has 3 heteroatoms. The minimum absolute atomic E-state index is 0.541. The maximum absolute atomic E-state index is 10.8. The zero-order valence-corrected chi connectivity index (χ0v) is 9.34. The second-order valence-electron chi connectivity index (χ2n) is 3.36. The van der Waals surface area contributed by atoms with Gasteiger partial charge in [-0.15, -0.1) is 11.6 Å². The molecule has 2 rings (SSSR count). The summed E-state index contributed by atoms with van der Waals surface area (Å²) < 4.78 is 0. The molecule has 2 aromatic rings. The molecule has 0 radical (unpaired) electrons. The van der Waals surface area contributed by atoms with E-state index < -0.39 is 0 Å². The number of rotatable bonds is 2. The molecule has 0 bridgehead atoms. The molecule has 1 aromatic carbocycles. The zero-order valence-electron chi connectivity index (χ0n) is 8.59. The molecule has 0 fully saturated rings. The lowest BCUT2D eigenvalue weighted by Crippen LogP contribution is -1.78. The van der Waals surface area contributed by atoms with Crippen molar-refractivity contribution in [1.29, 1.82) is 0 Å². The highest BCUT2D eigenvalue weighted by molar-refractivity contribution is 6.18. The number of benzene rings is 1. The van der Waals surface area contributed by atoms with E-state index in [1.165, 1.54) is 0 Å². The number of hydrogen-bond donors (Lipinski definition) is 1. The molecule has 16 heavy (non-hydrogen) atoms. The van der Waals surface area contributed by atoms with Crippen molar-refractivity contribution in [3.05, 3.63) is 35.5 Å². The largest absolute Gasteiger partial charge is 0.360 e. The number of H-pyrrole nitrogens is 1. The summed E-state index contributed by atoms with van der Waals surface area (Å²) in [6.07, 6.45) is 3.22. The number of carbonyl (C=O) groups excluding carboxylic acids is 1. The predicted molar refractivity (Wildman–Crippen MR) is 65.9 cm³/mol. The minimum atomic E-state index is 0.541. The van der Waals surface area contributed by atoms with Crippen LogP contribution in [0.5, 0.6) is 0 Å². The topological polar surface area (TPSA) is 32.9 Å². The van der Waals surface area contributed by atoms with Gasteiger partial charge in [-0.3, -0.25) is 4.79 Å². The van der Waals surface area contributed by atoms with Crippen molar-refractivity contribution in [2.45, 2.75) is 6.42 Å². The van der Waals surface area contributed by atoms with Crippen LogP contribution < -0.4 is 0 Å². The number of aromatic amines is 1. The summed E-state index contributed by atoms with van der Waals surface area (Å²) in [4.78, 5) is 13.8. The van der Waals surface area contributed by atoms with Gasteiger partial charge in [-0.1, -0.05) is 11.8 Å². The third-order valence-electron chi connectivity index (χ3n) is 2.29. The fourth-order valence-corrected chi connectivity index (χ4v) is 1.62. The van der Waals surface area contributed by atoms with Gasteiger partial charge in [-0.2, -0.15) is 0 Å². The van der Waals surface area contributed by atoms with E-state index in [1.54, 1.807) is 6.20 Å². The molecule has 1 heterocycles. The summed E-state index contributed by atoms with van der Waals surface area (Å²) in [7, 11) is 0. The third-order valence-corrected chi connectivity index (χ3v) is 2.48. The average Bonchev–Trinajstić information content (AvgIpc) is 2.71.